The van der Waals surface area contributed by atoms with Crippen LogP contribution in [0.25, 0.3) is 0 Å². The molecule has 0 aliphatic carbocycles. The van der Waals surface area contributed by atoms with Gasteiger partial charge in [-0.2, -0.15) is 0 Å². The lowest BCUT2D eigenvalue weighted by Crippen LogP contribution is -2.48. The van der Waals surface area contributed by atoms with Crippen molar-refractivity contribution in [2.75, 3.05) is 0 Å². The Morgan fingerprint density at radius 3 is 2.71 bits per heavy atom. The number of rotatable bonds is 4. The van der Waals surface area contributed by atoms with Crippen LogP contribution in [0, 0.1) is 13.8 Å². The van der Waals surface area contributed by atoms with Crippen LogP contribution in [0.4, 0.5) is 0 Å². The van der Waals surface area contributed by atoms with Gasteiger partial charge in [0.05, 0.1) is 12.6 Å². The number of nitrogens with zero attached hydrogens (tertiary/aromatic N) is 2. The molecule has 3 N–H and O–H groups in total. The Balaban J connectivity index is 2.07. The molecule has 0 saturated carbocycles. The van der Waals surface area contributed by atoms with E-state index in [9.17, 15) is 14.8 Å². The van der Waals surface area contributed by atoms with Gasteiger partial charge in [0.2, 0.25) is 5.88 Å². The second-order valence-electron chi connectivity index (χ2n) is 5.70. The maximum Gasteiger partial charge on any atom is 0.405 e. The molecule has 1 aliphatic rings. The number of aromatic nitrogens is 2. The SMILES string of the molecule is Cc1c(Oc2cnccn2)cc2c(c1C)[C@@H](CC(=O)O)O[B-]2(O)O. The summed E-state index contributed by atoms with van der Waals surface area (Å²) in [5, 5.41) is 29.3. The zero-order chi connectivity index (χ0) is 17.5. The number of carboxylic acids is 1. The molecule has 0 amide bonds. The standard InChI is InChI=1S/C15H16BN2O6/c1-8-9(2)15-10(16(21,22)24-12(15)6-14(19)20)5-11(8)23-13-7-17-3-4-18-13/h3-5,7,12,21-22H,6H2,1-2H3,(H,19,20)/q-1/t12-/m1/s1. The van der Waals surface area contributed by atoms with Crippen molar-refractivity contribution in [1.29, 1.82) is 0 Å². The number of hydrogen-bond donors (Lipinski definition) is 3. The van der Waals surface area contributed by atoms with Crippen molar-refractivity contribution in [3.63, 3.8) is 0 Å². The molecule has 1 aromatic carbocycles. The predicted octanol–water partition coefficient (Wildman–Crippen LogP) is 0.562. The highest BCUT2D eigenvalue weighted by Gasteiger charge is 2.40. The van der Waals surface area contributed by atoms with E-state index in [-0.39, 0.29) is 17.8 Å². The van der Waals surface area contributed by atoms with Crippen molar-refractivity contribution in [2.45, 2.75) is 26.4 Å². The zero-order valence-electron chi connectivity index (χ0n) is 13.1. The van der Waals surface area contributed by atoms with E-state index in [0.717, 1.165) is 5.56 Å². The van der Waals surface area contributed by atoms with Gasteiger partial charge in [0, 0.05) is 18.5 Å². The Hall–Kier alpha value is -2.49. The third-order valence-electron chi connectivity index (χ3n) is 4.13. The fourth-order valence-electron chi connectivity index (χ4n) is 2.91. The zero-order valence-corrected chi connectivity index (χ0v) is 13.1. The molecule has 9 heteroatoms. The molecule has 0 bridgehead atoms. The van der Waals surface area contributed by atoms with E-state index >= 15 is 0 Å². The average molecular weight is 331 g/mol. The molecule has 126 valence electrons. The molecule has 24 heavy (non-hydrogen) atoms. The predicted molar refractivity (Wildman–Crippen MR) is 83.9 cm³/mol. The lowest BCUT2D eigenvalue weighted by molar-refractivity contribution is -0.139. The summed E-state index contributed by atoms with van der Waals surface area (Å²) in [6.45, 7) is 0.256. The minimum absolute atomic E-state index is 0.128. The van der Waals surface area contributed by atoms with Gasteiger partial charge >= 0.3 is 12.7 Å². The summed E-state index contributed by atoms with van der Waals surface area (Å²) < 4.78 is 10.8. The molecule has 1 atom stereocenters. The first kappa shape index (κ1) is 16.4. The summed E-state index contributed by atoms with van der Waals surface area (Å²) in [7, 11) is 0. The molecular formula is C15H16BN2O6-. The molecule has 0 radical (unpaired) electrons. The first-order chi connectivity index (χ1) is 11.3. The summed E-state index contributed by atoms with van der Waals surface area (Å²) in [5.41, 5.74) is 2.02. The highest BCUT2D eigenvalue weighted by Crippen LogP contribution is 2.37. The van der Waals surface area contributed by atoms with Crippen LogP contribution in [0.1, 0.15) is 29.2 Å². The highest BCUT2D eigenvalue weighted by atomic mass is 16.6. The van der Waals surface area contributed by atoms with Gasteiger partial charge in [-0.15, -0.1) is 5.46 Å². The van der Waals surface area contributed by atoms with Crippen molar-refractivity contribution in [2.24, 2.45) is 0 Å². The highest BCUT2D eigenvalue weighted by molar-refractivity contribution is 6.74. The number of carboxylic acid groups (broad SMARTS) is 1. The quantitative estimate of drug-likeness (QED) is 0.695. The number of hydrogen-bond acceptors (Lipinski definition) is 7. The molecule has 0 unspecified atom stereocenters. The fraction of sp³-hybridized carbons (Fsp3) is 0.267. The van der Waals surface area contributed by atoms with E-state index in [1.165, 1.54) is 24.7 Å². The third kappa shape index (κ3) is 2.84. The maximum absolute atomic E-state index is 11.0. The smallest absolute Gasteiger partial charge is 0.405 e. The lowest BCUT2D eigenvalue weighted by atomic mass is 9.69. The topological polar surface area (TPSA) is 122 Å². The summed E-state index contributed by atoms with van der Waals surface area (Å²) in [4.78, 5) is 18.9. The molecule has 2 aromatic rings. The number of ether oxygens (including phenoxy) is 1. The van der Waals surface area contributed by atoms with E-state index in [4.69, 9.17) is 14.5 Å². The van der Waals surface area contributed by atoms with Crippen molar-refractivity contribution in [1.82, 2.24) is 9.97 Å². The molecule has 1 aromatic heterocycles. The van der Waals surface area contributed by atoms with Gasteiger partial charge in [0.1, 0.15) is 5.75 Å². The summed E-state index contributed by atoms with van der Waals surface area (Å²) in [6, 6.07) is 1.45. The molecule has 2 heterocycles. The molecule has 1 aliphatic heterocycles. The van der Waals surface area contributed by atoms with Crippen LogP contribution in [0.15, 0.2) is 24.7 Å². The van der Waals surface area contributed by atoms with E-state index in [2.05, 4.69) is 9.97 Å². The number of carbonyl (C=O) groups is 1. The van der Waals surface area contributed by atoms with Gasteiger partial charge < -0.3 is 24.5 Å². The minimum atomic E-state index is -3.29. The molecular weight excluding hydrogens is 315 g/mol. The van der Waals surface area contributed by atoms with Gasteiger partial charge in [0.25, 0.3) is 0 Å². The van der Waals surface area contributed by atoms with Gasteiger partial charge in [-0.25, -0.2) is 4.98 Å². The summed E-state index contributed by atoms with van der Waals surface area (Å²) in [5.74, 6) is -0.452. The molecule has 0 fully saturated rings. The number of benzene rings is 1. The lowest BCUT2D eigenvalue weighted by Gasteiger charge is -2.24. The van der Waals surface area contributed by atoms with Crippen LogP contribution < -0.4 is 10.2 Å². The molecule has 0 spiro atoms. The molecule has 8 nitrogen and oxygen atoms in total. The van der Waals surface area contributed by atoms with Gasteiger partial charge in [-0.3, -0.25) is 9.78 Å². The molecule has 3 rings (SSSR count). The third-order valence-corrected chi connectivity index (χ3v) is 4.13. The van der Waals surface area contributed by atoms with Gasteiger partial charge in [-0.05, 0) is 36.6 Å². The largest absolute Gasteiger partial charge is 0.556 e. The Kier molecular flexibility index (Phi) is 4.00. The first-order valence-corrected chi connectivity index (χ1v) is 7.36. The van der Waals surface area contributed by atoms with Crippen molar-refractivity contribution in [3.05, 3.63) is 41.3 Å². The van der Waals surface area contributed by atoms with E-state index in [1.54, 1.807) is 13.8 Å². The van der Waals surface area contributed by atoms with E-state index < -0.39 is 18.8 Å². The average Bonchev–Trinajstić information content (AvgIpc) is 2.75. The Labute approximate surface area is 137 Å². The molecule has 0 saturated heterocycles. The van der Waals surface area contributed by atoms with Crippen molar-refractivity contribution in [3.8, 4) is 11.6 Å². The van der Waals surface area contributed by atoms with Crippen LogP contribution in [0.3, 0.4) is 0 Å². The summed E-state index contributed by atoms with van der Waals surface area (Å²) >= 11 is 0. The van der Waals surface area contributed by atoms with Crippen molar-refractivity contribution < 1.29 is 29.3 Å². The van der Waals surface area contributed by atoms with Crippen LogP contribution >= 0.6 is 0 Å². The Morgan fingerprint density at radius 2 is 2.08 bits per heavy atom. The van der Waals surface area contributed by atoms with Crippen LogP contribution in [-0.4, -0.2) is 37.8 Å². The second-order valence-corrected chi connectivity index (χ2v) is 5.70. The normalized spacial score (nSPS) is 18.2. The Morgan fingerprint density at radius 1 is 1.33 bits per heavy atom. The minimum Gasteiger partial charge on any atom is -0.556 e. The first-order valence-electron chi connectivity index (χ1n) is 7.36. The van der Waals surface area contributed by atoms with E-state index in [1.807, 2.05) is 0 Å². The van der Waals surface area contributed by atoms with E-state index in [0.29, 0.717) is 16.9 Å². The van der Waals surface area contributed by atoms with Crippen LogP contribution in [0.5, 0.6) is 11.6 Å². The second kappa shape index (κ2) is 5.86. The Bertz CT molecular complexity index is 796. The van der Waals surface area contributed by atoms with Crippen LogP contribution in [0.2, 0.25) is 0 Å². The summed E-state index contributed by atoms with van der Waals surface area (Å²) in [6.07, 6.45) is 3.14. The fourth-order valence-corrected chi connectivity index (χ4v) is 2.91. The van der Waals surface area contributed by atoms with Crippen LogP contribution in [-0.2, 0) is 9.45 Å². The van der Waals surface area contributed by atoms with Crippen molar-refractivity contribution >= 4 is 18.2 Å². The maximum atomic E-state index is 11.0. The monoisotopic (exact) mass is 331 g/mol. The van der Waals surface area contributed by atoms with Gasteiger partial charge in [0.15, 0.2) is 0 Å². The van der Waals surface area contributed by atoms with Gasteiger partial charge in [-0.1, -0.05) is 0 Å². The number of aliphatic carboxylic acids is 1. The number of fused-ring (bicyclic) bond motifs is 1.